The van der Waals surface area contributed by atoms with Gasteiger partial charge in [-0.05, 0) is 23.3 Å². The molecule has 1 aromatic rings. The van der Waals surface area contributed by atoms with Gasteiger partial charge in [-0.15, -0.1) is 0 Å². The molecule has 0 radical (unpaired) electrons. The number of methoxy groups -OCH3 is 2. The van der Waals surface area contributed by atoms with Crippen molar-refractivity contribution >= 4 is 5.97 Å². The van der Waals surface area contributed by atoms with Crippen LogP contribution in [0.5, 0.6) is 11.5 Å². The van der Waals surface area contributed by atoms with Crippen LogP contribution >= 0.6 is 0 Å². The number of hydrogen-bond acceptors (Lipinski definition) is 4. The molecule has 18 heavy (non-hydrogen) atoms. The van der Waals surface area contributed by atoms with Crippen LogP contribution in [0.3, 0.4) is 0 Å². The Kier molecular flexibility index (Phi) is 4.91. The zero-order chi connectivity index (χ0) is 13.7. The minimum atomic E-state index is -1.10. The molecule has 0 aliphatic heterocycles. The first kappa shape index (κ1) is 14.2. The predicted molar refractivity (Wildman–Crippen MR) is 63.8 cm³/mol. The summed E-state index contributed by atoms with van der Waals surface area (Å²) in [5.74, 6) is -1.35. The highest BCUT2D eigenvalue weighted by Gasteiger charge is 2.23. The van der Waals surface area contributed by atoms with E-state index >= 15 is 0 Å². The predicted octanol–water partition coefficient (Wildman–Crippen LogP) is 1.30. The first-order chi connectivity index (χ1) is 8.58. The van der Waals surface area contributed by atoms with Crippen LogP contribution in [0.2, 0.25) is 0 Å². The number of ether oxygens (including phenoxy) is 2. The highest BCUT2D eigenvalue weighted by Crippen LogP contribution is 2.34. The van der Waals surface area contributed by atoms with E-state index in [0.717, 1.165) is 0 Å². The number of nitrogens with two attached hydrogens (primary N) is 1. The molecule has 1 unspecified atom stereocenters. The minimum Gasteiger partial charge on any atom is -0.493 e. The molecular weight excluding hydrogens is 241 g/mol. The molecule has 1 rings (SSSR count). The minimum absolute atomic E-state index is 0.113. The Morgan fingerprint density at radius 3 is 2.33 bits per heavy atom. The van der Waals surface area contributed by atoms with Crippen LogP contribution in [0.15, 0.2) is 12.1 Å². The summed E-state index contributed by atoms with van der Waals surface area (Å²) in [6.07, 6.45) is 0. The third kappa shape index (κ3) is 2.70. The third-order valence-corrected chi connectivity index (χ3v) is 2.70. The molecule has 3 N–H and O–H groups in total. The molecule has 0 aromatic heterocycles. The van der Waals surface area contributed by atoms with Crippen LogP contribution in [0.1, 0.15) is 17.0 Å². The van der Waals surface area contributed by atoms with E-state index in [9.17, 15) is 9.18 Å². The molecule has 0 saturated heterocycles. The molecule has 0 spiro atoms. The SMILES string of the molecule is COc1cc(CF)c(C(CN)C(=O)O)cc1OC. The standard InChI is InChI=1S/C12H16FNO4/c1-17-10-3-7(5-13)8(4-11(10)18-2)9(6-14)12(15)16/h3-4,9H,5-6,14H2,1-2H3,(H,15,16). The van der Waals surface area contributed by atoms with Crippen molar-refractivity contribution in [3.8, 4) is 11.5 Å². The largest absolute Gasteiger partial charge is 0.493 e. The Hall–Kier alpha value is -1.82. The summed E-state index contributed by atoms with van der Waals surface area (Å²) < 4.78 is 23.1. The first-order valence-electron chi connectivity index (χ1n) is 5.32. The zero-order valence-electron chi connectivity index (χ0n) is 10.3. The second-order valence-electron chi connectivity index (χ2n) is 3.67. The zero-order valence-corrected chi connectivity index (χ0v) is 10.3. The number of alkyl halides is 1. The number of halogens is 1. The van der Waals surface area contributed by atoms with E-state index in [1.165, 1.54) is 26.4 Å². The lowest BCUT2D eigenvalue weighted by Gasteiger charge is -2.17. The number of carboxylic acid groups (broad SMARTS) is 1. The van der Waals surface area contributed by atoms with Gasteiger partial charge >= 0.3 is 5.97 Å². The maximum atomic E-state index is 13.0. The van der Waals surface area contributed by atoms with Crippen molar-refractivity contribution in [3.05, 3.63) is 23.3 Å². The van der Waals surface area contributed by atoms with Crippen molar-refractivity contribution in [2.24, 2.45) is 5.73 Å². The van der Waals surface area contributed by atoms with Crippen molar-refractivity contribution in [1.82, 2.24) is 0 Å². The van der Waals surface area contributed by atoms with E-state index < -0.39 is 18.6 Å². The lowest BCUT2D eigenvalue weighted by Crippen LogP contribution is -2.22. The van der Waals surface area contributed by atoms with Gasteiger partial charge in [0.25, 0.3) is 0 Å². The van der Waals surface area contributed by atoms with Gasteiger partial charge in [0.15, 0.2) is 11.5 Å². The fourth-order valence-corrected chi connectivity index (χ4v) is 1.74. The van der Waals surface area contributed by atoms with Gasteiger partial charge in [-0.3, -0.25) is 4.79 Å². The molecular formula is C12H16FNO4. The summed E-state index contributed by atoms with van der Waals surface area (Å²) in [5, 5.41) is 9.06. The van der Waals surface area contributed by atoms with E-state index in [-0.39, 0.29) is 12.1 Å². The second-order valence-corrected chi connectivity index (χ2v) is 3.67. The molecule has 0 fully saturated rings. The number of rotatable bonds is 6. The number of carbonyl (C=O) groups is 1. The third-order valence-electron chi connectivity index (χ3n) is 2.70. The van der Waals surface area contributed by atoms with Crippen molar-refractivity contribution in [1.29, 1.82) is 0 Å². The molecule has 6 heteroatoms. The Labute approximate surface area is 104 Å². The summed E-state index contributed by atoms with van der Waals surface area (Å²) in [7, 11) is 2.85. The Bertz CT molecular complexity index is 436. The number of carboxylic acids is 1. The average molecular weight is 257 g/mol. The summed E-state index contributed by atoms with van der Waals surface area (Å²) in [5.41, 5.74) is 5.97. The molecule has 0 amide bonds. The van der Waals surface area contributed by atoms with Crippen LogP contribution in [-0.4, -0.2) is 31.8 Å². The van der Waals surface area contributed by atoms with E-state index in [1.807, 2.05) is 0 Å². The number of aliphatic carboxylic acids is 1. The van der Waals surface area contributed by atoms with Gasteiger partial charge in [-0.25, -0.2) is 4.39 Å². The lowest BCUT2D eigenvalue weighted by molar-refractivity contribution is -0.138. The topological polar surface area (TPSA) is 81.8 Å². The van der Waals surface area contributed by atoms with Gasteiger partial charge in [-0.1, -0.05) is 0 Å². The molecule has 0 heterocycles. The van der Waals surface area contributed by atoms with E-state index in [4.69, 9.17) is 20.3 Å². The first-order valence-corrected chi connectivity index (χ1v) is 5.32. The number of hydrogen-bond donors (Lipinski definition) is 2. The van der Waals surface area contributed by atoms with Crippen LogP contribution in [0.4, 0.5) is 4.39 Å². The quantitative estimate of drug-likeness (QED) is 0.802. The van der Waals surface area contributed by atoms with Gasteiger partial charge in [0.2, 0.25) is 0 Å². The highest BCUT2D eigenvalue weighted by molar-refractivity contribution is 5.77. The summed E-state index contributed by atoms with van der Waals surface area (Å²) >= 11 is 0. The van der Waals surface area contributed by atoms with Gasteiger partial charge < -0.3 is 20.3 Å². The molecule has 0 aliphatic rings. The Morgan fingerprint density at radius 1 is 1.39 bits per heavy atom. The smallest absolute Gasteiger partial charge is 0.312 e. The van der Waals surface area contributed by atoms with Gasteiger partial charge in [0, 0.05) is 6.54 Å². The van der Waals surface area contributed by atoms with Crippen LogP contribution in [0, 0.1) is 0 Å². The van der Waals surface area contributed by atoms with Crippen molar-refractivity contribution in [3.63, 3.8) is 0 Å². The van der Waals surface area contributed by atoms with E-state index in [0.29, 0.717) is 17.1 Å². The van der Waals surface area contributed by atoms with Crippen LogP contribution < -0.4 is 15.2 Å². The van der Waals surface area contributed by atoms with Gasteiger partial charge in [0.05, 0.1) is 20.1 Å². The van der Waals surface area contributed by atoms with Crippen LogP contribution in [-0.2, 0) is 11.5 Å². The molecule has 0 aliphatic carbocycles. The molecule has 100 valence electrons. The molecule has 1 atom stereocenters. The molecule has 1 aromatic carbocycles. The Morgan fingerprint density at radius 2 is 1.94 bits per heavy atom. The van der Waals surface area contributed by atoms with Crippen LogP contribution in [0.25, 0.3) is 0 Å². The maximum Gasteiger partial charge on any atom is 0.312 e. The molecule has 0 bridgehead atoms. The average Bonchev–Trinajstić information content (AvgIpc) is 2.38. The van der Waals surface area contributed by atoms with E-state index in [2.05, 4.69) is 0 Å². The van der Waals surface area contributed by atoms with Crippen molar-refractivity contribution in [2.45, 2.75) is 12.6 Å². The molecule has 0 saturated carbocycles. The fraction of sp³-hybridized carbons (Fsp3) is 0.417. The monoisotopic (exact) mass is 257 g/mol. The van der Waals surface area contributed by atoms with Gasteiger partial charge in [0.1, 0.15) is 6.67 Å². The normalized spacial score (nSPS) is 12.0. The second kappa shape index (κ2) is 6.20. The van der Waals surface area contributed by atoms with Crippen molar-refractivity contribution in [2.75, 3.05) is 20.8 Å². The summed E-state index contributed by atoms with van der Waals surface area (Å²) in [4.78, 5) is 11.1. The molecule has 5 nitrogen and oxygen atoms in total. The summed E-state index contributed by atoms with van der Waals surface area (Å²) in [6, 6.07) is 2.89. The number of benzene rings is 1. The van der Waals surface area contributed by atoms with Gasteiger partial charge in [-0.2, -0.15) is 0 Å². The fourth-order valence-electron chi connectivity index (χ4n) is 1.74. The van der Waals surface area contributed by atoms with Crippen molar-refractivity contribution < 1.29 is 23.8 Å². The Balaban J connectivity index is 3.36. The lowest BCUT2D eigenvalue weighted by atomic mass is 9.94. The maximum absolute atomic E-state index is 13.0. The van der Waals surface area contributed by atoms with E-state index in [1.54, 1.807) is 0 Å². The highest BCUT2D eigenvalue weighted by atomic mass is 19.1. The summed E-state index contributed by atoms with van der Waals surface area (Å²) in [6.45, 7) is -0.905.